The fourth-order valence-electron chi connectivity index (χ4n) is 3.45. The first-order chi connectivity index (χ1) is 11.2. The molecule has 0 radical (unpaired) electrons. The molecule has 0 unspecified atom stereocenters. The first-order valence-electron chi connectivity index (χ1n) is 10.00. The Morgan fingerprint density at radius 3 is 1.87 bits per heavy atom. The Labute approximate surface area is 144 Å². The van der Waals surface area contributed by atoms with Crippen LogP contribution in [0.3, 0.4) is 0 Å². The predicted molar refractivity (Wildman–Crippen MR) is 102 cm³/mol. The molecule has 0 spiro atoms. The van der Waals surface area contributed by atoms with Crippen molar-refractivity contribution in [3.8, 4) is 5.75 Å². The van der Waals surface area contributed by atoms with E-state index in [9.17, 15) is 5.11 Å². The van der Waals surface area contributed by atoms with Gasteiger partial charge >= 0.3 is 0 Å². The number of unbranched alkanes of at least 4 members (excludes halogenated alkanes) is 9. The predicted octanol–water partition coefficient (Wildman–Crippen LogP) is 7.12. The van der Waals surface area contributed by atoms with Gasteiger partial charge in [-0.1, -0.05) is 71.6 Å². The summed E-state index contributed by atoms with van der Waals surface area (Å²) < 4.78 is 0. The van der Waals surface area contributed by atoms with Crippen molar-refractivity contribution in [1.29, 1.82) is 0 Å². The fraction of sp³-hybridized carbons (Fsp3) is 0.727. The Balaban J connectivity index is 2.39. The number of aromatic hydroxyl groups is 1. The van der Waals surface area contributed by atoms with E-state index in [1.807, 2.05) is 12.1 Å². The largest absolute Gasteiger partial charge is 0.508 e. The normalized spacial score (nSPS) is 11.1. The Morgan fingerprint density at radius 2 is 1.22 bits per heavy atom. The van der Waals surface area contributed by atoms with E-state index in [0.717, 1.165) is 6.42 Å². The van der Waals surface area contributed by atoms with E-state index in [0.29, 0.717) is 5.75 Å². The van der Waals surface area contributed by atoms with E-state index >= 15 is 0 Å². The van der Waals surface area contributed by atoms with E-state index < -0.39 is 0 Å². The molecule has 1 N–H and O–H groups in total. The number of aryl methyl sites for hydroxylation is 2. The molecule has 1 heteroatoms. The summed E-state index contributed by atoms with van der Waals surface area (Å²) in [7, 11) is 0. The summed E-state index contributed by atoms with van der Waals surface area (Å²) in [4.78, 5) is 0. The van der Waals surface area contributed by atoms with Gasteiger partial charge < -0.3 is 5.11 Å². The van der Waals surface area contributed by atoms with Crippen LogP contribution in [0.1, 0.15) is 101 Å². The van der Waals surface area contributed by atoms with Gasteiger partial charge in [-0.05, 0) is 61.4 Å². The summed E-state index contributed by atoms with van der Waals surface area (Å²) in [6.45, 7) is 6.68. The van der Waals surface area contributed by atoms with Gasteiger partial charge in [0.15, 0.2) is 0 Å². The first kappa shape index (κ1) is 20.1. The second-order valence-corrected chi connectivity index (χ2v) is 7.08. The van der Waals surface area contributed by atoms with Crippen LogP contribution in [0.25, 0.3) is 0 Å². The maximum atomic E-state index is 9.91. The monoisotopic (exact) mass is 318 g/mol. The molecule has 0 bridgehead atoms. The molecule has 0 fully saturated rings. The summed E-state index contributed by atoms with van der Waals surface area (Å²) in [6.07, 6.45) is 17.0. The molecule has 0 aliphatic carbocycles. The average molecular weight is 319 g/mol. The van der Waals surface area contributed by atoms with Crippen molar-refractivity contribution < 1.29 is 5.11 Å². The van der Waals surface area contributed by atoms with Crippen LogP contribution in [0, 0.1) is 6.92 Å². The molecule has 0 aliphatic rings. The number of hydrogen-bond acceptors (Lipinski definition) is 1. The maximum absolute atomic E-state index is 9.91. The van der Waals surface area contributed by atoms with Crippen LogP contribution in [0.4, 0.5) is 0 Å². The zero-order chi connectivity index (χ0) is 16.9. The van der Waals surface area contributed by atoms with E-state index in [-0.39, 0.29) is 0 Å². The highest BCUT2D eigenvalue weighted by molar-refractivity contribution is 5.41. The topological polar surface area (TPSA) is 20.2 Å². The van der Waals surface area contributed by atoms with Crippen molar-refractivity contribution in [3.05, 3.63) is 28.8 Å². The van der Waals surface area contributed by atoms with Gasteiger partial charge in [-0.3, -0.25) is 0 Å². The molecule has 0 saturated heterocycles. The minimum atomic E-state index is 0.441. The van der Waals surface area contributed by atoms with Gasteiger partial charge in [-0.2, -0.15) is 0 Å². The van der Waals surface area contributed by atoms with Gasteiger partial charge in [-0.15, -0.1) is 0 Å². The Hall–Kier alpha value is -0.980. The summed E-state index contributed by atoms with van der Waals surface area (Å²) >= 11 is 0. The van der Waals surface area contributed by atoms with E-state index in [1.54, 1.807) is 0 Å². The number of phenols is 1. The van der Waals surface area contributed by atoms with Crippen LogP contribution in [-0.2, 0) is 12.8 Å². The third kappa shape index (κ3) is 8.44. The summed E-state index contributed by atoms with van der Waals surface area (Å²) in [5.74, 6) is 0.441. The summed E-state index contributed by atoms with van der Waals surface area (Å²) in [5, 5.41) is 9.91. The lowest BCUT2D eigenvalue weighted by atomic mass is 9.93. The summed E-state index contributed by atoms with van der Waals surface area (Å²) in [6, 6.07) is 3.94. The third-order valence-corrected chi connectivity index (χ3v) is 4.88. The number of benzene rings is 1. The van der Waals surface area contributed by atoms with Gasteiger partial charge in [0.25, 0.3) is 0 Å². The fourth-order valence-corrected chi connectivity index (χ4v) is 3.45. The number of phenolic OH excluding ortho intramolecular Hbond substituents is 1. The van der Waals surface area contributed by atoms with Crippen LogP contribution in [0.2, 0.25) is 0 Å². The van der Waals surface area contributed by atoms with Gasteiger partial charge in [-0.25, -0.2) is 0 Å². The zero-order valence-corrected chi connectivity index (χ0v) is 15.8. The van der Waals surface area contributed by atoms with Gasteiger partial charge in [0, 0.05) is 0 Å². The maximum Gasteiger partial charge on any atom is 0.116 e. The Morgan fingerprint density at radius 1 is 0.696 bits per heavy atom. The molecule has 0 saturated carbocycles. The molecule has 0 atom stereocenters. The van der Waals surface area contributed by atoms with Crippen molar-refractivity contribution in [2.24, 2.45) is 0 Å². The van der Waals surface area contributed by atoms with Crippen LogP contribution < -0.4 is 0 Å². The lowest BCUT2D eigenvalue weighted by Gasteiger charge is -2.14. The molecular weight excluding hydrogens is 280 g/mol. The lowest BCUT2D eigenvalue weighted by molar-refractivity contribution is 0.473. The molecule has 0 heterocycles. The van der Waals surface area contributed by atoms with Gasteiger partial charge in [0.05, 0.1) is 0 Å². The molecule has 1 aromatic carbocycles. The van der Waals surface area contributed by atoms with E-state index in [1.165, 1.54) is 93.7 Å². The molecule has 1 nitrogen and oxygen atoms in total. The zero-order valence-electron chi connectivity index (χ0n) is 15.8. The molecule has 1 rings (SSSR count). The molecule has 0 aromatic heterocycles. The average Bonchev–Trinajstić information content (AvgIpc) is 2.52. The van der Waals surface area contributed by atoms with Crippen LogP contribution in [-0.4, -0.2) is 5.11 Å². The number of hydrogen-bond donors (Lipinski definition) is 1. The molecule has 0 amide bonds. The lowest BCUT2D eigenvalue weighted by Crippen LogP contribution is -1.99. The molecular formula is C22H38O. The van der Waals surface area contributed by atoms with Crippen molar-refractivity contribution in [2.75, 3.05) is 0 Å². The molecule has 132 valence electrons. The van der Waals surface area contributed by atoms with Gasteiger partial charge in [0.1, 0.15) is 5.75 Å². The SMILES string of the molecule is CCCCCCCCCCc1cc(O)cc(C)c1CCCCC. The second kappa shape index (κ2) is 12.4. The minimum absolute atomic E-state index is 0.441. The third-order valence-electron chi connectivity index (χ3n) is 4.88. The minimum Gasteiger partial charge on any atom is -0.508 e. The van der Waals surface area contributed by atoms with Crippen molar-refractivity contribution in [1.82, 2.24) is 0 Å². The Kier molecular flexibility index (Phi) is 10.9. The quantitative estimate of drug-likeness (QED) is 0.384. The van der Waals surface area contributed by atoms with Crippen LogP contribution in [0.15, 0.2) is 12.1 Å². The second-order valence-electron chi connectivity index (χ2n) is 7.08. The van der Waals surface area contributed by atoms with Crippen molar-refractivity contribution in [2.45, 2.75) is 104 Å². The highest BCUT2D eigenvalue weighted by atomic mass is 16.3. The molecule has 1 aromatic rings. The van der Waals surface area contributed by atoms with Crippen LogP contribution in [0.5, 0.6) is 5.75 Å². The smallest absolute Gasteiger partial charge is 0.116 e. The van der Waals surface area contributed by atoms with Crippen LogP contribution >= 0.6 is 0 Å². The highest BCUT2D eigenvalue weighted by Gasteiger charge is 2.08. The van der Waals surface area contributed by atoms with Gasteiger partial charge in [0.2, 0.25) is 0 Å². The van der Waals surface area contributed by atoms with Crippen molar-refractivity contribution >= 4 is 0 Å². The van der Waals surface area contributed by atoms with E-state index in [4.69, 9.17) is 0 Å². The number of rotatable bonds is 13. The molecule has 23 heavy (non-hydrogen) atoms. The Bertz CT molecular complexity index is 422. The first-order valence-corrected chi connectivity index (χ1v) is 10.00. The highest BCUT2D eigenvalue weighted by Crippen LogP contribution is 2.25. The van der Waals surface area contributed by atoms with Crippen molar-refractivity contribution in [3.63, 3.8) is 0 Å². The summed E-state index contributed by atoms with van der Waals surface area (Å²) in [5.41, 5.74) is 4.17. The van der Waals surface area contributed by atoms with E-state index in [2.05, 4.69) is 20.8 Å². The molecule has 0 aliphatic heterocycles. The standard InChI is InChI=1S/C22H38O/c1-4-6-8-9-10-11-12-14-15-20-18-21(23)17-19(3)22(20)16-13-7-5-2/h17-18,23H,4-16H2,1-3H3.